The summed E-state index contributed by atoms with van der Waals surface area (Å²) in [4.78, 5) is 11.6. The van der Waals surface area contributed by atoms with E-state index in [-0.39, 0.29) is 5.91 Å². The summed E-state index contributed by atoms with van der Waals surface area (Å²) in [6, 6.07) is 4.88. The lowest BCUT2D eigenvalue weighted by atomic mass is 10.2. The Labute approximate surface area is 98.3 Å². The molecule has 0 fully saturated rings. The van der Waals surface area contributed by atoms with Gasteiger partial charge in [-0.1, -0.05) is 11.6 Å². The van der Waals surface area contributed by atoms with E-state index < -0.39 is 0 Å². The summed E-state index contributed by atoms with van der Waals surface area (Å²) in [5.74, 6) is 0.621. The van der Waals surface area contributed by atoms with Crippen molar-refractivity contribution in [3.05, 3.63) is 28.8 Å². The van der Waals surface area contributed by atoms with Gasteiger partial charge in [-0.05, 0) is 18.2 Å². The van der Waals surface area contributed by atoms with Crippen LogP contribution in [0.2, 0.25) is 5.02 Å². The SMILES string of the molecule is COc1ccc(Cl)cc1C(=O)NCCCl. The molecule has 0 aliphatic carbocycles. The Balaban J connectivity index is 2.90. The van der Waals surface area contributed by atoms with Crippen LogP contribution in [-0.2, 0) is 0 Å². The number of nitrogens with one attached hydrogen (secondary N) is 1. The predicted molar refractivity (Wildman–Crippen MR) is 61.1 cm³/mol. The van der Waals surface area contributed by atoms with Gasteiger partial charge in [-0.25, -0.2) is 0 Å². The highest BCUT2D eigenvalue weighted by atomic mass is 35.5. The Hall–Kier alpha value is -0.930. The first kappa shape index (κ1) is 12.1. The molecule has 0 unspecified atom stereocenters. The first-order chi connectivity index (χ1) is 7.19. The molecule has 0 aliphatic rings. The third kappa shape index (κ3) is 3.29. The number of alkyl halides is 1. The molecule has 0 radical (unpaired) electrons. The van der Waals surface area contributed by atoms with Crippen LogP contribution in [0.4, 0.5) is 0 Å². The van der Waals surface area contributed by atoms with Crippen molar-refractivity contribution in [2.75, 3.05) is 19.5 Å². The minimum absolute atomic E-state index is 0.241. The molecule has 3 nitrogen and oxygen atoms in total. The number of carbonyl (C=O) groups excluding carboxylic acids is 1. The number of rotatable bonds is 4. The van der Waals surface area contributed by atoms with Crippen molar-refractivity contribution < 1.29 is 9.53 Å². The molecule has 0 aliphatic heterocycles. The fourth-order valence-corrected chi connectivity index (χ4v) is 1.38. The van der Waals surface area contributed by atoms with E-state index in [0.717, 1.165) is 0 Å². The van der Waals surface area contributed by atoms with Gasteiger partial charge in [0.15, 0.2) is 0 Å². The van der Waals surface area contributed by atoms with Gasteiger partial charge in [0.25, 0.3) is 5.91 Å². The molecular weight excluding hydrogens is 237 g/mol. The average Bonchev–Trinajstić information content (AvgIpc) is 2.25. The maximum atomic E-state index is 11.6. The summed E-state index contributed by atoms with van der Waals surface area (Å²) in [5.41, 5.74) is 0.412. The van der Waals surface area contributed by atoms with Gasteiger partial charge in [-0.15, -0.1) is 11.6 Å². The van der Waals surface area contributed by atoms with Crippen LogP contribution in [0.3, 0.4) is 0 Å². The zero-order valence-corrected chi connectivity index (χ0v) is 9.73. The summed E-state index contributed by atoms with van der Waals surface area (Å²) < 4.78 is 5.05. The van der Waals surface area contributed by atoms with Crippen molar-refractivity contribution in [3.63, 3.8) is 0 Å². The maximum absolute atomic E-state index is 11.6. The number of benzene rings is 1. The van der Waals surface area contributed by atoms with Gasteiger partial charge in [0.05, 0.1) is 12.7 Å². The molecule has 0 atom stereocenters. The Kier molecular flexibility index (Phi) is 4.72. The number of ether oxygens (including phenoxy) is 1. The zero-order chi connectivity index (χ0) is 11.3. The Morgan fingerprint density at radius 1 is 1.53 bits per heavy atom. The summed E-state index contributed by atoms with van der Waals surface area (Å²) >= 11 is 11.3. The number of carbonyl (C=O) groups is 1. The molecule has 0 saturated heterocycles. The van der Waals surface area contributed by atoms with Gasteiger partial charge in [-0.2, -0.15) is 0 Å². The highest BCUT2D eigenvalue weighted by molar-refractivity contribution is 6.31. The molecular formula is C10H11Cl2NO2. The maximum Gasteiger partial charge on any atom is 0.255 e. The van der Waals surface area contributed by atoms with Crippen LogP contribution in [0.15, 0.2) is 18.2 Å². The van der Waals surface area contributed by atoms with E-state index in [0.29, 0.717) is 28.8 Å². The number of hydrogen-bond donors (Lipinski definition) is 1. The monoisotopic (exact) mass is 247 g/mol. The Morgan fingerprint density at radius 3 is 2.87 bits per heavy atom. The summed E-state index contributed by atoms with van der Waals surface area (Å²) in [5, 5.41) is 3.13. The van der Waals surface area contributed by atoms with Crippen molar-refractivity contribution in [2.24, 2.45) is 0 Å². The van der Waals surface area contributed by atoms with Gasteiger partial charge in [0.2, 0.25) is 0 Å². The van der Waals surface area contributed by atoms with Crippen LogP contribution < -0.4 is 10.1 Å². The molecule has 0 saturated carbocycles. The Morgan fingerprint density at radius 2 is 2.27 bits per heavy atom. The quantitative estimate of drug-likeness (QED) is 0.830. The van der Waals surface area contributed by atoms with Gasteiger partial charge < -0.3 is 10.1 Å². The van der Waals surface area contributed by atoms with E-state index in [1.54, 1.807) is 18.2 Å². The van der Waals surface area contributed by atoms with Crippen molar-refractivity contribution >= 4 is 29.1 Å². The van der Waals surface area contributed by atoms with Crippen molar-refractivity contribution in [3.8, 4) is 5.75 Å². The number of amides is 1. The van der Waals surface area contributed by atoms with Crippen LogP contribution in [-0.4, -0.2) is 25.4 Å². The number of hydrogen-bond acceptors (Lipinski definition) is 2. The minimum atomic E-state index is -0.241. The predicted octanol–water partition coefficient (Wildman–Crippen LogP) is 2.32. The number of methoxy groups -OCH3 is 1. The van der Waals surface area contributed by atoms with Crippen LogP contribution in [0, 0.1) is 0 Å². The second-order valence-corrected chi connectivity index (χ2v) is 3.60. The molecule has 0 spiro atoms. The van der Waals surface area contributed by atoms with E-state index in [1.165, 1.54) is 7.11 Å². The molecule has 5 heteroatoms. The molecule has 1 aromatic carbocycles. The largest absolute Gasteiger partial charge is 0.496 e. The molecule has 15 heavy (non-hydrogen) atoms. The van der Waals surface area contributed by atoms with Gasteiger partial charge in [0.1, 0.15) is 5.75 Å². The summed E-state index contributed by atoms with van der Waals surface area (Å²) in [6.45, 7) is 0.413. The summed E-state index contributed by atoms with van der Waals surface area (Å²) in [7, 11) is 1.50. The first-order valence-electron chi connectivity index (χ1n) is 4.36. The minimum Gasteiger partial charge on any atom is -0.496 e. The molecule has 0 aromatic heterocycles. The second-order valence-electron chi connectivity index (χ2n) is 2.79. The van der Waals surface area contributed by atoms with Crippen LogP contribution >= 0.6 is 23.2 Å². The summed E-state index contributed by atoms with van der Waals surface area (Å²) in [6.07, 6.45) is 0. The third-order valence-electron chi connectivity index (χ3n) is 1.79. The standard InChI is InChI=1S/C10H11Cl2NO2/c1-15-9-3-2-7(12)6-8(9)10(14)13-5-4-11/h2-3,6H,4-5H2,1H3,(H,13,14). The smallest absolute Gasteiger partial charge is 0.255 e. The van der Waals surface area contributed by atoms with Gasteiger partial charge in [-0.3, -0.25) is 4.79 Å². The van der Waals surface area contributed by atoms with Crippen molar-refractivity contribution in [2.45, 2.75) is 0 Å². The molecule has 1 amide bonds. The molecule has 1 N–H and O–H groups in total. The third-order valence-corrected chi connectivity index (χ3v) is 2.21. The van der Waals surface area contributed by atoms with Crippen molar-refractivity contribution in [1.82, 2.24) is 5.32 Å². The fourth-order valence-electron chi connectivity index (χ4n) is 1.11. The van der Waals surface area contributed by atoms with Crippen LogP contribution in [0.25, 0.3) is 0 Å². The fraction of sp³-hybridized carbons (Fsp3) is 0.300. The van der Waals surface area contributed by atoms with Crippen LogP contribution in [0.1, 0.15) is 10.4 Å². The van der Waals surface area contributed by atoms with Crippen LogP contribution in [0.5, 0.6) is 5.75 Å². The molecule has 1 aromatic rings. The highest BCUT2D eigenvalue weighted by Crippen LogP contribution is 2.22. The van der Waals surface area contributed by atoms with E-state index in [2.05, 4.69) is 5.32 Å². The molecule has 1 rings (SSSR count). The average molecular weight is 248 g/mol. The first-order valence-corrected chi connectivity index (χ1v) is 5.28. The molecule has 0 bridgehead atoms. The Bertz CT molecular complexity index is 355. The lowest BCUT2D eigenvalue weighted by Gasteiger charge is -2.08. The lowest BCUT2D eigenvalue weighted by molar-refractivity contribution is 0.0953. The highest BCUT2D eigenvalue weighted by Gasteiger charge is 2.11. The zero-order valence-electron chi connectivity index (χ0n) is 8.22. The van der Waals surface area contributed by atoms with Crippen molar-refractivity contribution in [1.29, 1.82) is 0 Å². The van der Waals surface area contributed by atoms with E-state index >= 15 is 0 Å². The molecule has 0 heterocycles. The normalized spacial score (nSPS) is 9.80. The second kappa shape index (κ2) is 5.83. The van der Waals surface area contributed by atoms with Gasteiger partial charge in [0, 0.05) is 17.4 Å². The van der Waals surface area contributed by atoms with E-state index in [4.69, 9.17) is 27.9 Å². The van der Waals surface area contributed by atoms with E-state index in [9.17, 15) is 4.79 Å². The number of halogens is 2. The lowest BCUT2D eigenvalue weighted by Crippen LogP contribution is -2.25. The topological polar surface area (TPSA) is 38.3 Å². The molecule has 82 valence electrons. The van der Waals surface area contributed by atoms with E-state index in [1.807, 2.05) is 0 Å². The van der Waals surface area contributed by atoms with Gasteiger partial charge >= 0.3 is 0 Å².